The van der Waals surface area contributed by atoms with Gasteiger partial charge in [0.25, 0.3) is 0 Å². The Labute approximate surface area is 392 Å². The lowest BCUT2D eigenvalue weighted by atomic mass is 9.73. The normalized spacial score (nSPS) is 16.5. The molecule has 0 aliphatic carbocycles. The lowest BCUT2D eigenvalue weighted by molar-refractivity contribution is 0.479. The van der Waals surface area contributed by atoms with Gasteiger partial charge in [0.2, 0.25) is 0 Å². The van der Waals surface area contributed by atoms with Crippen molar-refractivity contribution in [2.75, 3.05) is 9.80 Å². The summed E-state index contributed by atoms with van der Waals surface area (Å²) in [5, 5.41) is 5.43. The van der Waals surface area contributed by atoms with Crippen molar-refractivity contribution in [1.82, 2.24) is 0 Å². The summed E-state index contributed by atoms with van der Waals surface area (Å²) in [5.74, 6) is 1.96. The second-order valence-electron chi connectivity index (χ2n) is 22.2. The molecule has 0 N–H and O–H groups in total. The number of hydrogen-bond donors (Lipinski definition) is 0. The molecule has 4 aliphatic rings. The summed E-state index contributed by atoms with van der Waals surface area (Å²) in [6.07, 6.45) is 0. The maximum Gasteiger partial charge on any atom is 0.189 e. The molecule has 1 spiro atoms. The van der Waals surface area contributed by atoms with E-state index in [2.05, 4.69) is 249 Å². The largest absolute Gasteiger partial charge is 0.458 e. The quantitative estimate of drug-likeness (QED) is 0.161. The van der Waals surface area contributed by atoms with Gasteiger partial charge in [0, 0.05) is 22.2 Å². The van der Waals surface area contributed by atoms with E-state index in [9.17, 15) is 0 Å². The van der Waals surface area contributed by atoms with Crippen LogP contribution in [0.15, 0.2) is 170 Å². The molecule has 326 valence electrons. The van der Waals surface area contributed by atoms with Crippen molar-refractivity contribution in [3.8, 4) is 22.6 Å². The van der Waals surface area contributed by atoms with E-state index in [1.807, 2.05) is 0 Å². The smallest absolute Gasteiger partial charge is 0.189 e. The average molecular weight is 875 g/mol. The molecule has 0 atom stereocenters. The first-order valence-electron chi connectivity index (χ1n) is 23.8. The fourth-order valence-electron chi connectivity index (χ4n) is 12.1. The molecule has 3 nitrogen and oxygen atoms in total. The van der Waals surface area contributed by atoms with Gasteiger partial charge in [-0.1, -0.05) is 178 Å². The number of para-hydroxylation sites is 4. The lowest BCUT2D eigenvalue weighted by Gasteiger charge is -2.43. The minimum absolute atomic E-state index is 0.0574. The highest BCUT2D eigenvalue weighted by Crippen LogP contribution is 2.54. The fraction of sp³-hybridized carbons (Fsp3) is 0.226. The van der Waals surface area contributed by atoms with E-state index in [4.69, 9.17) is 4.74 Å². The summed E-state index contributed by atoms with van der Waals surface area (Å²) in [4.78, 5) is 5.06. The second-order valence-corrected chi connectivity index (χ2v) is 25.9. The van der Waals surface area contributed by atoms with Gasteiger partial charge in [-0.05, 0) is 137 Å². The lowest BCUT2D eigenvalue weighted by Crippen LogP contribution is -2.74. The van der Waals surface area contributed by atoms with Gasteiger partial charge in [0.05, 0.1) is 22.7 Å². The monoisotopic (exact) mass is 874 g/mol. The third kappa shape index (κ3) is 5.54. The molecule has 0 amide bonds. The highest BCUT2D eigenvalue weighted by molar-refractivity contribution is 7.23. The molecule has 0 radical (unpaired) electrons. The number of nitrogens with zero attached hydrogens (tertiary/aromatic N) is 2. The predicted molar refractivity (Wildman–Crippen MR) is 280 cm³/mol. The van der Waals surface area contributed by atoms with E-state index < -0.39 is 8.07 Å². The van der Waals surface area contributed by atoms with Crippen LogP contribution < -0.4 is 35.3 Å². The molecule has 0 aromatic heterocycles. The number of benzene rings is 8. The Morgan fingerprint density at radius 3 is 1.05 bits per heavy atom. The molecule has 8 aromatic carbocycles. The molecular formula is C62H58N2OSi. The van der Waals surface area contributed by atoms with E-state index in [0.29, 0.717) is 0 Å². The van der Waals surface area contributed by atoms with Gasteiger partial charge < -0.3 is 14.5 Å². The molecule has 0 fully saturated rings. The van der Waals surface area contributed by atoms with Crippen molar-refractivity contribution in [2.45, 2.75) is 90.9 Å². The van der Waals surface area contributed by atoms with E-state index in [0.717, 1.165) is 11.5 Å². The van der Waals surface area contributed by atoms with Gasteiger partial charge in [0.15, 0.2) is 8.07 Å². The summed E-state index contributed by atoms with van der Waals surface area (Å²) in [5.41, 5.74) is 17.4. The van der Waals surface area contributed by atoms with Gasteiger partial charge in [-0.2, -0.15) is 0 Å². The van der Waals surface area contributed by atoms with Crippen LogP contribution in [0.25, 0.3) is 11.1 Å². The van der Waals surface area contributed by atoms with Crippen LogP contribution in [0.4, 0.5) is 34.1 Å². The number of anilines is 6. The highest BCUT2D eigenvalue weighted by Gasteiger charge is 2.55. The zero-order valence-electron chi connectivity index (χ0n) is 40.0. The molecule has 4 aliphatic heterocycles. The van der Waals surface area contributed by atoms with Crippen molar-refractivity contribution in [3.63, 3.8) is 0 Å². The zero-order valence-corrected chi connectivity index (χ0v) is 41.0. The molecule has 66 heavy (non-hydrogen) atoms. The summed E-state index contributed by atoms with van der Waals surface area (Å²) >= 11 is 0. The Kier molecular flexibility index (Phi) is 8.49. The molecule has 0 saturated carbocycles. The SMILES string of the molecule is CC(C)(C)c1ccc2c(c1)Oc1cc(C(C)(C)C)ccc1[Si]21c2cc(N3c4ccccc4C(C)(C)c4ccccc43)ccc2-c2ccc(N3c4ccccc4C(C)(C)c4ccccc43)cc21. The van der Waals surface area contributed by atoms with Crippen molar-refractivity contribution >= 4 is 62.9 Å². The van der Waals surface area contributed by atoms with Crippen molar-refractivity contribution in [2.24, 2.45) is 0 Å². The minimum atomic E-state index is -3.16. The molecule has 4 heteroatoms. The number of fused-ring (bicyclic) bond motifs is 13. The summed E-state index contributed by atoms with van der Waals surface area (Å²) in [6, 6.07) is 65.2. The van der Waals surface area contributed by atoms with Gasteiger partial charge in [-0.3, -0.25) is 0 Å². The van der Waals surface area contributed by atoms with Gasteiger partial charge in [0.1, 0.15) is 11.5 Å². The first kappa shape index (κ1) is 40.9. The molecular weight excluding hydrogens is 817 g/mol. The molecule has 0 saturated heterocycles. The predicted octanol–water partition coefficient (Wildman–Crippen LogP) is 14.0. The van der Waals surface area contributed by atoms with Crippen molar-refractivity contribution < 1.29 is 4.74 Å². The number of ether oxygens (including phenoxy) is 1. The Morgan fingerprint density at radius 1 is 0.379 bits per heavy atom. The van der Waals surface area contributed by atoms with Crippen LogP contribution >= 0.6 is 0 Å². The Bertz CT molecular complexity index is 3020. The van der Waals surface area contributed by atoms with E-state index in [1.54, 1.807) is 0 Å². The summed E-state index contributed by atoms with van der Waals surface area (Å²) < 4.78 is 7.30. The maximum atomic E-state index is 7.30. The molecule has 12 rings (SSSR count). The number of hydrogen-bond acceptors (Lipinski definition) is 3. The first-order valence-corrected chi connectivity index (χ1v) is 25.8. The van der Waals surface area contributed by atoms with Crippen LogP contribution in [0.3, 0.4) is 0 Å². The standard InChI is InChI=1S/C62H58N2OSi/c1-59(2,3)39-27-33-55-53(35-39)65-54-36-40(60(4,5)6)28-34-56(54)66(55)57-37-41(63-49-23-15-11-19-45(49)61(7,8)46-20-12-16-24-50(46)63)29-31-43(57)44-32-30-42(38-58(44)66)64-51-25-17-13-21-47(51)62(9,10)48-22-14-18-26-52(48)64/h11-38H,1-10H3. The van der Waals surface area contributed by atoms with Crippen LogP contribution in [-0.4, -0.2) is 8.07 Å². The van der Waals surface area contributed by atoms with Gasteiger partial charge in [-0.25, -0.2) is 0 Å². The van der Waals surface area contributed by atoms with Crippen LogP contribution in [0.1, 0.15) is 103 Å². The summed E-state index contributed by atoms with van der Waals surface area (Å²) in [6.45, 7) is 23.3. The van der Waals surface area contributed by atoms with E-state index in [-0.39, 0.29) is 21.7 Å². The topological polar surface area (TPSA) is 15.7 Å². The third-order valence-electron chi connectivity index (χ3n) is 15.6. The molecule has 8 aromatic rings. The fourth-order valence-corrected chi connectivity index (χ4v) is 17.4. The molecule has 4 heterocycles. The maximum absolute atomic E-state index is 7.30. The Balaban J connectivity index is 1.18. The molecule has 0 unspecified atom stereocenters. The minimum Gasteiger partial charge on any atom is -0.458 e. The van der Waals surface area contributed by atoms with Crippen molar-refractivity contribution in [1.29, 1.82) is 0 Å². The van der Waals surface area contributed by atoms with Gasteiger partial charge in [-0.15, -0.1) is 0 Å². The highest BCUT2D eigenvalue weighted by atomic mass is 28.3. The Morgan fingerprint density at radius 2 is 0.712 bits per heavy atom. The van der Waals surface area contributed by atoms with Crippen LogP contribution in [0.2, 0.25) is 0 Å². The van der Waals surface area contributed by atoms with Gasteiger partial charge >= 0.3 is 0 Å². The molecule has 0 bridgehead atoms. The zero-order chi connectivity index (χ0) is 45.7. The average Bonchev–Trinajstić information content (AvgIpc) is 3.57. The van der Waals surface area contributed by atoms with E-state index in [1.165, 1.54) is 99.4 Å². The van der Waals surface area contributed by atoms with Crippen LogP contribution in [0.5, 0.6) is 11.5 Å². The van der Waals surface area contributed by atoms with Crippen LogP contribution in [0, 0.1) is 0 Å². The Hall–Kier alpha value is -6.62. The summed E-state index contributed by atoms with van der Waals surface area (Å²) in [7, 11) is -3.16. The second kappa shape index (κ2) is 13.7. The number of rotatable bonds is 2. The third-order valence-corrected chi connectivity index (χ3v) is 20.5. The van der Waals surface area contributed by atoms with E-state index >= 15 is 0 Å². The van der Waals surface area contributed by atoms with Crippen molar-refractivity contribution in [3.05, 3.63) is 203 Å². The van der Waals surface area contributed by atoms with Crippen LogP contribution in [-0.2, 0) is 21.7 Å². The first-order chi connectivity index (χ1) is 31.5.